The van der Waals surface area contributed by atoms with E-state index in [1.807, 2.05) is 0 Å². The predicted molar refractivity (Wildman–Crippen MR) is 60.8 cm³/mol. The molecule has 18 heavy (non-hydrogen) atoms. The fourth-order valence-electron chi connectivity index (χ4n) is 2.01. The first kappa shape index (κ1) is 10.8. The highest BCUT2D eigenvalue weighted by molar-refractivity contribution is 5.66. The Bertz CT molecular complexity index is 583. The van der Waals surface area contributed by atoms with Gasteiger partial charge in [0, 0.05) is 11.8 Å². The first-order chi connectivity index (χ1) is 8.63. The highest BCUT2D eigenvalue weighted by Gasteiger charge is 2.26. The topological polar surface area (TPSA) is 58.4 Å². The number of halogens is 1. The minimum absolute atomic E-state index is 0.296. The summed E-state index contributed by atoms with van der Waals surface area (Å²) in [6, 6.07) is 6.00. The van der Waals surface area contributed by atoms with Crippen molar-refractivity contribution in [3.05, 3.63) is 47.5 Å². The summed E-state index contributed by atoms with van der Waals surface area (Å²) in [5, 5.41) is 13.2. The first-order valence-corrected chi connectivity index (χ1v) is 5.45. The SMILES string of the molecule is O=C(O)N1Cc2cn(-c3ccc(F)cc3)nc2C1. The lowest BCUT2D eigenvalue weighted by Gasteiger charge is -2.10. The molecule has 2 heterocycles. The van der Waals surface area contributed by atoms with Gasteiger partial charge < -0.3 is 5.11 Å². The zero-order valence-electron chi connectivity index (χ0n) is 9.38. The van der Waals surface area contributed by atoms with E-state index < -0.39 is 6.09 Å². The summed E-state index contributed by atoms with van der Waals surface area (Å²) < 4.78 is 14.4. The number of aromatic nitrogens is 2. The molecule has 0 fully saturated rings. The average molecular weight is 247 g/mol. The number of fused-ring (bicyclic) bond motifs is 1. The van der Waals surface area contributed by atoms with Gasteiger partial charge in [-0.3, -0.25) is 4.90 Å². The van der Waals surface area contributed by atoms with Crippen LogP contribution >= 0.6 is 0 Å². The lowest BCUT2D eigenvalue weighted by molar-refractivity contribution is 0.144. The van der Waals surface area contributed by atoms with Crippen LogP contribution in [0.4, 0.5) is 9.18 Å². The number of hydrogen-bond donors (Lipinski definition) is 1. The van der Waals surface area contributed by atoms with Crippen LogP contribution in [0.2, 0.25) is 0 Å². The van der Waals surface area contributed by atoms with Gasteiger partial charge in [-0.1, -0.05) is 0 Å². The Morgan fingerprint density at radius 1 is 1.28 bits per heavy atom. The number of hydrogen-bond acceptors (Lipinski definition) is 2. The van der Waals surface area contributed by atoms with Crippen molar-refractivity contribution in [2.45, 2.75) is 13.1 Å². The van der Waals surface area contributed by atoms with Crippen LogP contribution in [0.1, 0.15) is 11.3 Å². The van der Waals surface area contributed by atoms with Crippen molar-refractivity contribution < 1.29 is 14.3 Å². The number of rotatable bonds is 1. The van der Waals surface area contributed by atoms with E-state index in [4.69, 9.17) is 5.11 Å². The number of carbonyl (C=O) groups is 1. The van der Waals surface area contributed by atoms with E-state index in [2.05, 4.69) is 5.10 Å². The molecule has 0 saturated heterocycles. The van der Waals surface area contributed by atoms with Gasteiger partial charge >= 0.3 is 6.09 Å². The Hall–Kier alpha value is -2.37. The third-order valence-corrected chi connectivity index (χ3v) is 2.94. The fraction of sp³-hybridized carbons (Fsp3) is 0.167. The summed E-state index contributed by atoms with van der Waals surface area (Å²) in [5.41, 5.74) is 2.40. The van der Waals surface area contributed by atoms with Crippen molar-refractivity contribution >= 4 is 6.09 Å². The summed E-state index contributed by atoms with van der Waals surface area (Å²) in [5.74, 6) is -0.296. The molecule has 0 atom stereocenters. The first-order valence-electron chi connectivity index (χ1n) is 5.45. The van der Waals surface area contributed by atoms with Crippen LogP contribution in [0.25, 0.3) is 5.69 Å². The van der Waals surface area contributed by atoms with Crippen molar-refractivity contribution in [1.82, 2.24) is 14.7 Å². The van der Waals surface area contributed by atoms with Crippen LogP contribution in [-0.4, -0.2) is 25.9 Å². The Morgan fingerprint density at radius 3 is 2.61 bits per heavy atom. The Kier molecular flexibility index (Phi) is 2.29. The monoisotopic (exact) mass is 247 g/mol. The van der Waals surface area contributed by atoms with Gasteiger partial charge in [0.1, 0.15) is 5.82 Å². The van der Waals surface area contributed by atoms with Crippen molar-refractivity contribution in [1.29, 1.82) is 0 Å². The second-order valence-corrected chi connectivity index (χ2v) is 4.16. The standard InChI is InChI=1S/C12H10FN3O2/c13-9-1-3-10(4-2-9)16-6-8-5-15(12(17)18)7-11(8)14-16/h1-4,6H,5,7H2,(H,17,18). The van der Waals surface area contributed by atoms with Crippen molar-refractivity contribution in [3.63, 3.8) is 0 Å². The highest BCUT2D eigenvalue weighted by atomic mass is 19.1. The minimum Gasteiger partial charge on any atom is -0.465 e. The van der Waals surface area contributed by atoms with Gasteiger partial charge in [-0.15, -0.1) is 0 Å². The average Bonchev–Trinajstić information content (AvgIpc) is 2.87. The summed E-state index contributed by atoms with van der Waals surface area (Å²) in [6.45, 7) is 0.657. The van der Waals surface area contributed by atoms with Crippen LogP contribution in [0.5, 0.6) is 0 Å². The molecule has 92 valence electrons. The molecule has 0 saturated carbocycles. The molecule has 0 bridgehead atoms. The minimum atomic E-state index is -0.943. The van der Waals surface area contributed by atoms with Gasteiger partial charge in [0.25, 0.3) is 0 Å². The largest absolute Gasteiger partial charge is 0.465 e. The lowest BCUT2D eigenvalue weighted by Crippen LogP contribution is -2.23. The van der Waals surface area contributed by atoms with Crippen LogP contribution in [0, 0.1) is 5.82 Å². The molecular formula is C12H10FN3O2. The molecule has 5 nitrogen and oxygen atoms in total. The highest BCUT2D eigenvalue weighted by Crippen LogP contribution is 2.22. The maximum absolute atomic E-state index is 12.8. The lowest BCUT2D eigenvalue weighted by atomic mass is 10.3. The number of benzene rings is 1. The van der Waals surface area contributed by atoms with E-state index >= 15 is 0 Å². The number of carboxylic acid groups (broad SMARTS) is 1. The third-order valence-electron chi connectivity index (χ3n) is 2.94. The molecule has 1 amide bonds. The van der Waals surface area contributed by atoms with E-state index in [1.165, 1.54) is 17.0 Å². The molecule has 1 N–H and O–H groups in total. The maximum atomic E-state index is 12.8. The fourth-order valence-corrected chi connectivity index (χ4v) is 2.01. The van der Waals surface area contributed by atoms with Gasteiger partial charge in [0.15, 0.2) is 0 Å². The van der Waals surface area contributed by atoms with E-state index in [1.54, 1.807) is 23.0 Å². The molecule has 0 unspecified atom stereocenters. The Morgan fingerprint density at radius 2 is 2.00 bits per heavy atom. The van der Waals surface area contributed by atoms with Crippen LogP contribution in [0.3, 0.4) is 0 Å². The molecule has 3 rings (SSSR count). The molecule has 6 heteroatoms. The molecule has 1 aliphatic rings. The maximum Gasteiger partial charge on any atom is 0.407 e. The third kappa shape index (κ3) is 1.71. The van der Waals surface area contributed by atoms with Gasteiger partial charge in [-0.2, -0.15) is 5.10 Å². The number of nitrogens with zero attached hydrogens (tertiary/aromatic N) is 3. The molecule has 1 aromatic carbocycles. The van der Waals surface area contributed by atoms with E-state index in [-0.39, 0.29) is 5.82 Å². The smallest absolute Gasteiger partial charge is 0.407 e. The van der Waals surface area contributed by atoms with E-state index in [0.717, 1.165) is 16.9 Å². The Balaban J connectivity index is 1.89. The number of amides is 1. The van der Waals surface area contributed by atoms with Gasteiger partial charge in [0.05, 0.1) is 24.5 Å². The Labute approximate surface area is 102 Å². The van der Waals surface area contributed by atoms with Crippen LogP contribution in [0.15, 0.2) is 30.5 Å². The van der Waals surface area contributed by atoms with E-state index in [0.29, 0.717) is 13.1 Å². The second-order valence-electron chi connectivity index (χ2n) is 4.16. The van der Waals surface area contributed by atoms with Gasteiger partial charge in [0.2, 0.25) is 0 Å². The van der Waals surface area contributed by atoms with E-state index in [9.17, 15) is 9.18 Å². The van der Waals surface area contributed by atoms with Crippen LogP contribution < -0.4 is 0 Å². The summed E-state index contributed by atoms with van der Waals surface area (Å²) in [7, 11) is 0. The molecule has 0 aliphatic carbocycles. The van der Waals surface area contributed by atoms with Gasteiger partial charge in [-0.25, -0.2) is 13.9 Å². The van der Waals surface area contributed by atoms with Crippen molar-refractivity contribution in [3.8, 4) is 5.69 Å². The van der Waals surface area contributed by atoms with Crippen molar-refractivity contribution in [2.75, 3.05) is 0 Å². The molecule has 2 aromatic rings. The molecule has 1 aliphatic heterocycles. The normalized spacial score (nSPS) is 13.7. The summed E-state index contributed by atoms with van der Waals surface area (Å²) >= 11 is 0. The molecule has 0 radical (unpaired) electrons. The summed E-state index contributed by atoms with van der Waals surface area (Å²) in [6.07, 6.45) is 0.840. The zero-order chi connectivity index (χ0) is 12.7. The quantitative estimate of drug-likeness (QED) is 0.838. The van der Waals surface area contributed by atoms with Crippen LogP contribution in [-0.2, 0) is 13.1 Å². The zero-order valence-corrected chi connectivity index (χ0v) is 9.38. The molecule has 1 aromatic heterocycles. The summed E-state index contributed by atoms with van der Waals surface area (Å²) in [4.78, 5) is 12.1. The van der Waals surface area contributed by atoms with Gasteiger partial charge in [-0.05, 0) is 24.3 Å². The molecule has 0 spiro atoms. The molecular weight excluding hydrogens is 237 g/mol. The predicted octanol–water partition coefficient (Wildman–Crippen LogP) is 2.00. The van der Waals surface area contributed by atoms with Crippen molar-refractivity contribution in [2.24, 2.45) is 0 Å². The second kappa shape index (κ2) is 3.83.